The van der Waals surface area contributed by atoms with Crippen LogP contribution < -0.4 is 10.6 Å². The zero-order valence-corrected chi connectivity index (χ0v) is 18.8. The first-order chi connectivity index (χ1) is 15.4. The molecule has 4 nitrogen and oxygen atoms in total. The van der Waals surface area contributed by atoms with Gasteiger partial charge in [-0.3, -0.25) is 9.59 Å². The molecule has 0 radical (unpaired) electrons. The zero-order valence-electron chi connectivity index (χ0n) is 15.8. The molecule has 0 heterocycles. The van der Waals surface area contributed by atoms with Gasteiger partial charge in [0.15, 0.2) is 0 Å². The fourth-order valence-electron chi connectivity index (χ4n) is 2.28. The topological polar surface area (TPSA) is 58.2 Å². The van der Waals surface area contributed by atoms with E-state index in [0.717, 1.165) is 47.0 Å². The molecule has 2 N–H and O–H groups in total. The fraction of sp³-hybridized carbons (Fsp3) is 0.222. The highest BCUT2D eigenvalue weighted by atomic mass is 35.5. The van der Waals surface area contributed by atoms with E-state index >= 15 is 0 Å². The van der Waals surface area contributed by atoms with E-state index in [1.165, 1.54) is 0 Å². The molecule has 0 atom stereocenters. The van der Waals surface area contributed by atoms with E-state index in [-0.39, 0.29) is 10.0 Å². The van der Waals surface area contributed by atoms with Gasteiger partial charge in [0.25, 0.3) is 0 Å². The minimum Gasteiger partial charge on any atom is -0.319 e. The standard InChI is InChI=1S/C18H8Cl4F8N2O2/c19-7-3-1-5-9(11(7)21)31-13(33)15(23,24)17(27,28)18(29,30)16(25,26)14(34)32-10-6-2-4-8(20)12(10)22/h1-6H,(H,31,33)(H,32,34). The van der Waals surface area contributed by atoms with Crippen LogP contribution >= 0.6 is 46.4 Å². The van der Waals surface area contributed by atoms with Crippen molar-refractivity contribution in [3.05, 3.63) is 56.5 Å². The lowest BCUT2D eigenvalue weighted by molar-refractivity contribution is -0.345. The monoisotopic (exact) mass is 576 g/mol. The van der Waals surface area contributed by atoms with Crippen molar-refractivity contribution in [2.75, 3.05) is 10.6 Å². The van der Waals surface area contributed by atoms with E-state index in [2.05, 4.69) is 0 Å². The van der Waals surface area contributed by atoms with E-state index < -0.39 is 56.9 Å². The van der Waals surface area contributed by atoms with Crippen LogP contribution in [0.4, 0.5) is 46.5 Å². The van der Waals surface area contributed by atoms with Crippen LogP contribution in [0.15, 0.2) is 36.4 Å². The number of hydrogen-bond acceptors (Lipinski definition) is 2. The van der Waals surface area contributed by atoms with E-state index in [4.69, 9.17) is 46.4 Å². The number of nitrogens with one attached hydrogen (secondary N) is 2. The molecule has 0 aliphatic rings. The quantitative estimate of drug-likeness (QED) is 0.337. The molecular weight excluding hydrogens is 570 g/mol. The Labute approximate surface area is 205 Å². The minimum atomic E-state index is -7.09. The summed E-state index contributed by atoms with van der Waals surface area (Å²) in [5.41, 5.74) is -1.61. The Morgan fingerprint density at radius 3 is 1.18 bits per heavy atom. The van der Waals surface area contributed by atoms with E-state index in [9.17, 15) is 44.7 Å². The molecule has 0 fully saturated rings. The lowest BCUT2D eigenvalue weighted by Gasteiger charge is -2.35. The molecular formula is C18H8Cl4F8N2O2. The van der Waals surface area contributed by atoms with Crippen LogP contribution in [0.1, 0.15) is 0 Å². The summed E-state index contributed by atoms with van der Waals surface area (Å²) in [5, 5.41) is 0.260. The van der Waals surface area contributed by atoms with E-state index in [1.807, 2.05) is 0 Å². The average molecular weight is 578 g/mol. The molecule has 0 saturated carbocycles. The number of benzene rings is 2. The molecule has 0 saturated heterocycles. The largest absolute Gasteiger partial charge is 0.393 e. The maximum absolute atomic E-state index is 14.1. The number of hydrogen-bond donors (Lipinski definition) is 2. The zero-order chi connectivity index (χ0) is 26.3. The highest BCUT2D eigenvalue weighted by Gasteiger charge is 2.84. The molecule has 2 aromatic carbocycles. The smallest absolute Gasteiger partial charge is 0.319 e. The van der Waals surface area contributed by atoms with E-state index in [0.29, 0.717) is 0 Å². The Hall–Kier alpha value is -2.02. The first-order valence-electron chi connectivity index (χ1n) is 8.41. The fourth-order valence-corrected chi connectivity index (χ4v) is 2.98. The van der Waals surface area contributed by atoms with Crippen molar-refractivity contribution in [2.45, 2.75) is 23.7 Å². The van der Waals surface area contributed by atoms with E-state index in [1.54, 1.807) is 0 Å². The van der Waals surface area contributed by atoms with Crippen molar-refractivity contribution in [1.29, 1.82) is 0 Å². The Morgan fingerprint density at radius 1 is 0.588 bits per heavy atom. The maximum atomic E-state index is 14.1. The highest BCUT2D eigenvalue weighted by molar-refractivity contribution is 6.44. The number of alkyl halides is 8. The molecule has 0 aliphatic heterocycles. The summed E-state index contributed by atoms with van der Waals surface area (Å²) in [6.45, 7) is 0. The number of carbonyl (C=O) groups excluding carboxylic acids is 2. The number of halogens is 12. The van der Waals surface area contributed by atoms with Crippen LogP contribution in [-0.4, -0.2) is 35.5 Å². The summed E-state index contributed by atoms with van der Waals surface area (Å²) < 4.78 is 113. The lowest BCUT2D eigenvalue weighted by Crippen LogP contribution is -2.67. The van der Waals surface area contributed by atoms with Crippen molar-refractivity contribution >= 4 is 69.6 Å². The van der Waals surface area contributed by atoms with Crippen LogP contribution in [0, 0.1) is 0 Å². The Balaban J connectivity index is 2.38. The van der Waals surface area contributed by atoms with Gasteiger partial charge in [0, 0.05) is 0 Å². The van der Waals surface area contributed by atoms with Gasteiger partial charge in [-0.2, -0.15) is 35.1 Å². The summed E-state index contributed by atoms with van der Waals surface area (Å²) >= 11 is 22.3. The predicted octanol–water partition coefficient (Wildman–Crippen LogP) is 7.42. The summed E-state index contributed by atoms with van der Waals surface area (Å²) in [7, 11) is 0. The van der Waals surface area contributed by atoms with Gasteiger partial charge in [0.2, 0.25) is 0 Å². The molecule has 0 bridgehead atoms. The summed E-state index contributed by atoms with van der Waals surface area (Å²) in [6, 6.07) is 5.82. The summed E-state index contributed by atoms with van der Waals surface area (Å²) in [6.07, 6.45) is 0. The first-order valence-corrected chi connectivity index (χ1v) is 9.93. The third-order valence-electron chi connectivity index (χ3n) is 4.15. The summed E-state index contributed by atoms with van der Waals surface area (Å²) in [5.74, 6) is -33.4. The second kappa shape index (κ2) is 9.56. The molecule has 34 heavy (non-hydrogen) atoms. The lowest BCUT2D eigenvalue weighted by atomic mass is 9.97. The normalized spacial score (nSPS) is 12.9. The van der Waals surface area contributed by atoms with Crippen LogP contribution in [0.25, 0.3) is 0 Å². The van der Waals surface area contributed by atoms with Crippen molar-refractivity contribution in [1.82, 2.24) is 0 Å². The van der Waals surface area contributed by atoms with Crippen LogP contribution in [0.3, 0.4) is 0 Å². The molecule has 0 unspecified atom stereocenters. The van der Waals surface area contributed by atoms with Crippen LogP contribution in [-0.2, 0) is 9.59 Å². The van der Waals surface area contributed by atoms with Crippen LogP contribution in [0.2, 0.25) is 20.1 Å². The van der Waals surface area contributed by atoms with Gasteiger partial charge < -0.3 is 10.6 Å². The molecule has 2 amide bonds. The highest BCUT2D eigenvalue weighted by Crippen LogP contribution is 2.53. The second-order valence-electron chi connectivity index (χ2n) is 6.41. The van der Waals surface area contributed by atoms with Gasteiger partial charge in [-0.15, -0.1) is 0 Å². The predicted molar refractivity (Wildman–Crippen MR) is 110 cm³/mol. The Kier molecular flexibility index (Phi) is 7.93. The van der Waals surface area contributed by atoms with Gasteiger partial charge in [-0.05, 0) is 24.3 Å². The third kappa shape index (κ3) is 4.73. The third-order valence-corrected chi connectivity index (χ3v) is 5.79. The van der Waals surface area contributed by atoms with Crippen LogP contribution in [0.5, 0.6) is 0 Å². The number of amides is 2. The van der Waals surface area contributed by atoms with Gasteiger partial charge in [0.1, 0.15) is 0 Å². The number of rotatable bonds is 7. The molecule has 2 rings (SSSR count). The molecule has 0 aliphatic carbocycles. The Bertz CT molecular complexity index is 1040. The number of carbonyl (C=O) groups is 2. The molecule has 0 aromatic heterocycles. The average Bonchev–Trinajstić information content (AvgIpc) is 2.74. The summed E-state index contributed by atoms with van der Waals surface area (Å²) in [4.78, 5) is 23.4. The van der Waals surface area contributed by atoms with Gasteiger partial charge in [-0.1, -0.05) is 58.5 Å². The minimum absolute atomic E-state index is 0.345. The van der Waals surface area contributed by atoms with Crippen molar-refractivity contribution < 1.29 is 44.7 Å². The Morgan fingerprint density at radius 2 is 0.882 bits per heavy atom. The second-order valence-corrected chi connectivity index (χ2v) is 7.98. The molecule has 2 aromatic rings. The van der Waals surface area contributed by atoms with Gasteiger partial charge in [-0.25, -0.2) is 0 Å². The molecule has 0 spiro atoms. The van der Waals surface area contributed by atoms with Gasteiger partial charge in [0.05, 0.1) is 31.5 Å². The van der Waals surface area contributed by atoms with Gasteiger partial charge >= 0.3 is 35.5 Å². The van der Waals surface area contributed by atoms with Crippen molar-refractivity contribution in [2.24, 2.45) is 0 Å². The molecule has 186 valence electrons. The van der Waals surface area contributed by atoms with Crippen molar-refractivity contribution in [3.8, 4) is 0 Å². The van der Waals surface area contributed by atoms with Crippen molar-refractivity contribution in [3.63, 3.8) is 0 Å². The maximum Gasteiger partial charge on any atom is 0.393 e. The number of anilines is 2. The first kappa shape index (κ1) is 28.2. The SMILES string of the molecule is O=C(Nc1cccc(Cl)c1Cl)C(F)(F)C(F)(F)C(F)(F)C(F)(F)C(=O)Nc1cccc(Cl)c1Cl. The molecule has 16 heteroatoms.